The average molecular weight is 320 g/mol. The van der Waals surface area contributed by atoms with Gasteiger partial charge in [-0.25, -0.2) is 17.9 Å². The molecule has 2 rings (SSSR count). The van der Waals surface area contributed by atoms with E-state index in [2.05, 4.69) is 5.32 Å². The number of carbonyl (C=O) groups is 1. The van der Waals surface area contributed by atoms with Crippen LogP contribution in [0.15, 0.2) is 47.4 Å². The maximum atomic E-state index is 12.1. The lowest BCUT2D eigenvalue weighted by Crippen LogP contribution is -2.34. The van der Waals surface area contributed by atoms with Gasteiger partial charge in [-0.2, -0.15) is 0 Å². The zero-order valence-electron chi connectivity index (χ0n) is 12.1. The van der Waals surface area contributed by atoms with Crippen molar-refractivity contribution in [1.29, 1.82) is 0 Å². The zero-order chi connectivity index (χ0) is 16.3. The monoisotopic (exact) mass is 320 g/mol. The molecule has 0 heterocycles. The van der Waals surface area contributed by atoms with Gasteiger partial charge in [0, 0.05) is 5.69 Å². The fourth-order valence-electron chi connectivity index (χ4n) is 1.83. The van der Waals surface area contributed by atoms with Crippen molar-refractivity contribution in [2.45, 2.75) is 18.7 Å². The van der Waals surface area contributed by atoms with Crippen molar-refractivity contribution in [1.82, 2.24) is 4.72 Å². The van der Waals surface area contributed by atoms with E-state index in [1.165, 1.54) is 30.3 Å². The summed E-state index contributed by atoms with van der Waals surface area (Å²) in [5, 5.41) is 11.7. The number of aryl methyl sites for hydroxylation is 2. The van der Waals surface area contributed by atoms with Crippen LogP contribution in [0.2, 0.25) is 0 Å². The Morgan fingerprint density at radius 3 is 2.27 bits per heavy atom. The Kier molecular flexibility index (Phi) is 4.37. The van der Waals surface area contributed by atoms with Gasteiger partial charge in [-0.15, -0.1) is 0 Å². The van der Waals surface area contributed by atoms with E-state index in [0.29, 0.717) is 11.3 Å². The molecule has 0 aliphatic carbocycles. The maximum Gasteiger partial charge on any atom is 0.333 e. The largest absolute Gasteiger partial charge is 0.508 e. The second-order valence-corrected chi connectivity index (χ2v) is 6.55. The number of anilines is 1. The van der Waals surface area contributed by atoms with Crippen LogP contribution in [0.1, 0.15) is 11.1 Å². The molecule has 2 amide bonds. The number of benzene rings is 2. The first-order chi connectivity index (χ1) is 10.3. The molecule has 2 aromatic rings. The Morgan fingerprint density at radius 1 is 1.05 bits per heavy atom. The number of nitrogens with one attached hydrogen (secondary N) is 2. The smallest absolute Gasteiger partial charge is 0.333 e. The minimum atomic E-state index is -3.93. The predicted octanol–water partition coefficient (Wildman–Crippen LogP) is 2.52. The third kappa shape index (κ3) is 3.76. The van der Waals surface area contributed by atoms with E-state index >= 15 is 0 Å². The predicted molar refractivity (Wildman–Crippen MR) is 83.4 cm³/mol. The van der Waals surface area contributed by atoms with Crippen molar-refractivity contribution in [2.24, 2.45) is 0 Å². The van der Waals surface area contributed by atoms with Gasteiger partial charge >= 0.3 is 6.03 Å². The van der Waals surface area contributed by atoms with E-state index in [1.807, 2.05) is 11.6 Å². The van der Waals surface area contributed by atoms with E-state index in [9.17, 15) is 18.3 Å². The standard InChI is InChI=1S/C15H16N2O4S/c1-10-3-6-13(7-4-10)22(20,21)17-15(19)16-14-8-5-12(18)9-11(14)2/h3-9,18H,1-2H3,(H2,16,17,19). The topological polar surface area (TPSA) is 95.5 Å². The molecule has 0 aliphatic heterocycles. The highest BCUT2D eigenvalue weighted by Gasteiger charge is 2.17. The fourth-order valence-corrected chi connectivity index (χ4v) is 2.74. The summed E-state index contributed by atoms with van der Waals surface area (Å²) in [6.45, 7) is 3.52. The number of carbonyl (C=O) groups excluding carboxylic acids is 1. The molecule has 6 nitrogen and oxygen atoms in total. The average Bonchev–Trinajstić information content (AvgIpc) is 2.42. The Hall–Kier alpha value is -2.54. The minimum absolute atomic E-state index is 0.00989. The van der Waals surface area contributed by atoms with E-state index in [1.54, 1.807) is 19.1 Å². The van der Waals surface area contributed by atoms with Crippen LogP contribution in [-0.2, 0) is 10.0 Å². The molecular weight excluding hydrogens is 304 g/mol. The highest BCUT2D eigenvalue weighted by atomic mass is 32.2. The van der Waals surface area contributed by atoms with Crippen LogP contribution in [0.4, 0.5) is 10.5 Å². The number of phenols is 1. The Balaban J connectivity index is 2.12. The second kappa shape index (κ2) is 6.07. The fraction of sp³-hybridized carbons (Fsp3) is 0.133. The Bertz CT molecular complexity index is 799. The summed E-state index contributed by atoms with van der Waals surface area (Å²) >= 11 is 0. The quantitative estimate of drug-likeness (QED) is 0.757. The van der Waals surface area contributed by atoms with Gasteiger partial charge < -0.3 is 10.4 Å². The lowest BCUT2D eigenvalue weighted by molar-refractivity contribution is 0.256. The molecule has 3 N–H and O–H groups in total. The number of amides is 2. The number of rotatable bonds is 3. The first-order valence-corrected chi connectivity index (χ1v) is 7.96. The summed E-state index contributed by atoms with van der Waals surface area (Å²) in [6, 6.07) is 9.64. The number of urea groups is 1. The first-order valence-electron chi connectivity index (χ1n) is 6.48. The zero-order valence-corrected chi connectivity index (χ0v) is 12.9. The van der Waals surface area contributed by atoms with Crippen LogP contribution in [0, 0.1) is 13.8 Å². The SMILES string of the molecule is Cc1ccc(S(=O)(=O)NC(=O)Nc2ccc(O)cc2C)cc1. The van der Waals surface area contributed by atoms with E-state index in [-0.39, 0.29) is 10.6 Å². The molecule has 0 fully saturated rings. The molecule has 0 aromatic heterocycles. The first kappa shape index (κ1) is 15.8. The van der Waals surface area contributed by atoms with Crippen molar-refractivity contribution >= 4 is 21.7 Å². The van der Waals surface area contributed by atoms with Crippen LogP contribution in [0.3, 0.4) is 0 Å². The molecular formula is C15H16N2O4S. The van der Waals surface area contributed by atoms with Gasteiger partial charge in [0.05, 0.1) is 4.90 Å². The number of phenolic OH excluding ortho intramolecular Hbond substituents is 1. The minimum Gasteiger partial charge on any atom is -0.508 e. The molecule has 0 saturated carbocycles. The highest BCUT2D eigenvalue weighted by molar-refractivity contribution is 7.90. The second-order valence-electron chi connectivity index (χ2n) is 4.87. The van der Waals surface area contributed by atoms with Crippen molar-refractivity contribution < 1.29 is 18.3 Å². The third-order valence-corrected chi connectivity index (χ3v) is 4.36. The molecule has 0 aliphatic rings. The van der Waals surface area contributed by atoms with E-state index in [0.717, 1.165) is 5.56 Å². The van der Waals surface area contributed by atoms with Crippen molar-refractivity contribution in [3.05, 3.63) is 53.6 Å². The molecule has 0 atom stereocenters. The molecule has 116 valence electrons. The summed E-state index contributed by atoms with van der Waals surface area (Å²) in [6.07, 6.45) is 0. The van der Waals surface area contributed by atoms with E-state index in [4.69, 9.17) is 0 Å². The Morgan fingerprint density at radius 2 is 1.68 bits per heavy atom. The van der Waals surface area contributed by atoms with Crippen LogP contribution in [0.5, 0.6) is 5.75 Å². The van der Waals surface area contributed by atoms with Gasteiger partial charge in [0.1, 0.15) is 5.75 Å². The van der Waals surface area contributed by atoms with Crippen LogP contribution >= 0.6 is 0 Å². The molecule has 7 heteroatoms. The normalized spacial score (nSPS) is 11.0. The number of sulfonamides is 1. The number of hydrogen-bond donors (Lipinski definition) is 3. The third-order valence-electron chi connectivity index (χ3n) is 3.02. The summed E-state index contributed by atoms with van der Waals surface area (Å²) in [4.78, 5) is 11.9. The van der Waals surface area contributed by atoms with Gasteiger partial charge in [0.15, 0.2) is 0 Å². The van der Waals surface area contributed by atoms with Gasteiger partial charge in [-0.3, -0.25) is 0 Å². The summed E-state index contributed by atoms with van der Waals surface area (Å²) < 4.78 is 26.1. The lowest BCUT2D eigenvalue weighted by atomic mass is 10.2. The molecule has 22 heavy (non-hydrogen) atoms. The molecule has 2 aromatic carbocycles. The maximum absolute atomic E-state index is 12.1. The van der Waals surface area contributed by atoms with Crippen LogP contribution in [-0.4, -0.2) is 19.6 Å². The van der Waals surface area contributed by atoms with Gasteiger partial charge in [-0.05, 0) is 49.7 Å². The molecule has 0 saturated heterocycles. The van der Waals surface area contributed by atoms with Gasteiger partial charge in [-0.1, -0.05) is 17.7 Å². The molecule has 0 spiro atoms. The van der Waals surface area contributed by atoms with Crippen molar-refractivity contribution in [3.63, 3.8) is 0 Å². The lowest BCUT2D eigenvalue weighted by Gasteiger charge is -2.11. The summed E-state index contributed by atoms with van der Waals surface area (Å²) in [7, 11) is -3.93. The number of aromatic hydroxyl groups is 1. The highest BCUT2D eigenvalue weighted by Crippen LogP contribution is 2.20. The van der Waals surface area contributed by atoms with Crippen molar-refractivity contribution in [2.75, 3.05) is 5.32 Å². The number of hydrogen-bond acceptors (Lipinski definition) is 4. The van der Waals surface area contributed by atoms with E-state index < -0.39 is 16.1 Å². The van der Waals surface area contributed by atoms with Gasteiger partial charge in [0.2, 0.25) is 0 Å². The molecule has 0 radical (unpaired) electrons. The Labute approximate surface area is 128 Å². The van der Waals surface area contributed by atoms with Crippen LogP contribution < -0.4 is 10.0 Å². The summed E-state index contributed by atoms with van der Waals surface area (Å²) in [5.41, 5.74) is 1.94. The summed E-state index contributed by atoms with van der Waals surface area (Å²) in [5.74, 6) is 0.0655. The molecule has 0 unspecified atom stereocenters. The van der Waals surface area contributed by atoms with Crippen molar-refractivity contribution in [3.8, 4) is 5.75 Å². The van der Waals surface area contributed by atoms with Crippen LogP contribution in [0.25, 0.3) is 0 Å². The molecule has 0 bridgehead atoms. The van der Waals surface area contributed by atoms with Gasteiger partial charge in [0.25, 0.3) is 10.0 Å².